The molecular formula is C27H27ClN2O3. The molecule has 1 aromatic heterocycles. The summed E-state index contributed by atoms with van der Waals surface area (Å²) < 4.78 is 11.8. The van der Waals surface area contributed by atoms with Crippen LogP contribution in [0.1, 0.15) is 45.6 Å². The van der Waals surface area contributed by atoms with Gasteiger partial charge in [-0.3, -0.25) is 4.79 Å². The molecule has 1 atom stereocenters. The normalized spacial score (nSPS) is 12.5. The highest BCUT2D eigenvalue weighted by Gasteiger charge is 2.30. The average Bonchev–Trinajstić information content (AvgIpc) is 3.23. The van der Waals surface area contributed by atoms with Gasteiger partial charge in [0.15, 0.2) is 11.2 Å². The van der Waals surface area contributed by atoms with E-state index in [9.17, 15) is 4.79 Å². The second-order valence-corrected chi connectivity index (χ2v) is 9.09. The van der Waals surface area contributed by atoms with E-state index in [4.69, 9.17) is 20.8 Å². The Morgan fingerprint density at radius 3 is 2.45 bits per heavy atom. The van der Waals surface area contributed by atoms with Crippen molar-refractivity contribution in [2.24, 2.45) is 0 Å². The fourth-order valence-electron chi connectivity index (χ4n) is 3.43. The minimum absolute atomic E-state index is 0.260. The van der Waals surface area contributed by atoms with Gasteiger partial charge in [-0.2, -0.15) is 0 Å². The lowest BCUT2D eigenvalue weighted by atomic mass is 9.98. The Balaban J connectivity index is 1.46. The summed E-state index contributed by atoms with van der Waals surface area (Å²) in [5.74, 6) is 1.34. The molecule has 1 N–H and O–H groups in total. The van der Waals surface area contributed by atoms with Crippen molar-refractivity contribution < 1.29 is 13.9 Å². The van der Waals surface area contributed by atoms with E-state index < -0.39 is 5.60 Å². The van der Waals surface area contributed by atoms with Crippen molar-refractivity contribution in [3.63, 3.8) is 0 Å². The molecule has 1 amide bonds. The van der Waals surface area contributed by atoms with Gasteiger partial charge in [-0.05, 0) is 92.4 Å². The Kier molecular flexibility index (Phi) is 6.43. The number of nitrogens with zero attached hydrogens (tertiary/aromatic N) is 1. The molecule has 6 heteroatoms. The number of benzene rings is 3. The van der Waals surface area contributed by atoms with Crippen LogP contribution in [0.25, 0.3) is 22.6 Å². The van der Waals surface area contributed by atoms with Gasteiger partial charge in [-0.15, -0.1) is 0 Å². The molecule has 0 aliphatic heterocycles. The Morgan fingerprint density at radius 1 is 1.09 bits per heavy atom. The number of anilines is 1. The predicted molar refractivity (Wildman–Crippen MR) is 133 cm³/mol. The van der Waals surface area contributed by atoms with Crippen molar-refractivity contribution >= 4 is 34.3 Å². The summed E-state index contributed by atoms with van der Waals surface area (Å²) in [5.41, 5.74) is 3.29. The fraction of sp³-hybridized carbons (Fsp3) is 0.259. The van der Waals surface area contributed by atoms with Crippen LogP contribution in [-0.4, -0.2) is 16.5 Å². The van der Waals surface area contributed by atoms with E-state index in [0.29, 0.717) is 28.3 Å². The number of hydrogen-bond acceptors (Lipinski definition) is 4. The number of ether oxygens (including phenoxy) is 1. The lowest BCUT2D eigenvalue weighted by molar-refractivity contribution is -0.128. The quantitative estimate of drug-likeness (QED) is 0.309. The highest BCUT2D eigenvalue weighted by molar-refractivity contribution is 6.30. The first-order valence-electron chi connectivity index (χ1n) is 11.0. The zero-order valence-corrected chi connectivity index (χ0v) is 19.9. The summed E-state index contributed by atoms with van der Waals surface area (Å²) in [7, 11) is 0. The number of carbonyl (C=O) groups excluding carboxylic acids is 1. The molecule has 0 radical (unpaired) electrons. The molecule has 0 bridgehead atoms. The van der Waals surface area contributed by atoms with Crippen LogP contribution < -0.4 is 10.1 Å². The number of oxazole rings is 1. The van der Waals surface area contributed by atoms with E-state index in [-0.39, 0.29) is 5.91 Å². The van der Waals surface area contributed by atoms with Gasteiger partial charge in [0.2, 0.25) is 5.89 Å². The number of carbonyl (C=O) groups is 1. The van der Waals surface area contributed by atoms with E-state index in [1.807, 2.05) is 30.3 Å². The molecule has 0 spiro atoms. The van der Waals surface area contributed by atoms with E-state index in [2.05, 4.69) is 36.3 Å². The number of nitrogens with one attached hydrogen (secondary N) is 1. The number of aromatic nitrogens is 1. The van der Waals surface area contributed by atoms with Gasteiger partial charge in [0.25, 0.3) is 5.91 Å². The second-order valence-electron chi connectivity index (χ2n) is 8.65. The maximum absolute atomic E-state index is 12.8. The van der Waals surface area contributed by atoms with Gasteiger partial charge in [0, 0.05) is 16.3 Å². The lowest BCUT2D eigenvalue weighted by Crippen LogP contribution is -2.42. The van der Waals surface area contributed by atoms with E-state index >= 15 is 0 Å². The lowest BCUT2D eigenvalue weighted by Gasteiger charge is -2.25. The maximum Gasteiger partial charge on any atom is 0.267 e. The van der Waals surface area contributed by atoms with Crippen molar-refractivity contribution in [1.29, 1.82) is 0 Å². The minimum Gasteiger partial charge on any atom is -0.478 e. The standard InChI is InChI=1S/C27H27ClN2O3/c1-5-17(2)19-8-15-24-23(16-19)30-25(32-24)18-6-11-21(12-7-18)29-26(31)27(3,4)33-22-13-9-20(28)10-14-22/h6-17H,5H2,1-4H3,(H,29,31). The molecule has 170 valence electrons. The van der Waals surface area contributed by atoms with E-state index in [1.165, 1.54) is 5.56 Å². The first kappa shape index (κ1) is 22.9. The minimum atomic E-state index is -1.07. The molecule has 0 saturated heterocycles. The van der Waals surface area contributed by atoms with Crippen molar-refractivity contribution in [3.8, 4) is 17.2 Å². The molecule has 0 fully saturated rings. The van der Waals surface area contributed by atoms with Crippen molar-refractivity contribution in [1.82, 2.24) is 4.98 Å². The Hall–Kier alpha value is -3.31. The molecule has 0 aliphatic carbocycles. The van der Waals surface area contributed by atoms with Gasteiger partial charge in [0.05, 0.1) is 0 Å². The third-order valence-electron chi connectivity index (χ3n) is 5.72. The summed E-state index contributed by atoms with van der Waals surface area (Å²) in [4.78, 5) is 17.5. The molecule has 1 heterocycles. The van der Waals surface area contributed by atoms with Crippen LogP contribution in [0, 0.1) is 0 Å². The average molecular weight is 463 g/mol. The Bertz CT molecular complexity index is 1260. The Morgan fingerprint density at radius 2 is 1.79 bits per heavy atom. The van der Waals surface area contributed by atoms with Crippen molar-refractivity contribution in [2.75, 3.05) is 5.32 Å². The number of amides is 1. The maximum atomic E-state index is 12.8. The summed E-state index contributed by atoms with van der Waals surface area (Å²) in [6, 6.07) is 20.5. The molecular weight excluding hydrogens is 436 g/mol. The molecule has 33 heavy (non-hydrogen) atoms. The van der Waals surface area contributed by atoms with E-state index in [0.717, 1.165) is 23.1 Å². The Labute approximate surface area is 198 Å². The second kappa shape index (κ2) is 9.28. The van der Waals surface area contributed by atoms with Crippen molar-refractivity contribution in [2.45, 2.75) is 45.6 Å². The first-order valence-corrected chi connectivity index (χ1v) is 11.4. The molecule has 5 nitrogen and oxygen atoms in total. The van der Waals surface area contributed by atoms with Crippen LogP contribution in [0.5, 0.6) is 5.75 Å². The molecule has 4 rings (SSSR count). The molecule has 0 saturated carbocycles. The van der Waals surface area contributed by atoms with Gasteiger partial charge in [-0.25, -0.2) is 4.98 Å². The fourth-order valence-corrected chi connectivity index (χ4v) is 3.56. The van der Waals surface area contributed by atoms with Gasteiger partial charge < -0.3 is 14.5 Å². The number of rotatable bonds is 7. The van der Waals surface area contributed by atoms with Gasteiger partial charge in [0.1, 0.15) is 11.3 Å². The first-order chi connectivity index (χ1) is 15.7. The van der Waals surface area contributed by atoms with Gasteiger partial charge in [-0.1, -0.05) is 31.5 Å². The zero-order valence-electron chi connectivity index (χ0n) is 19.2. The summed E-state index contributed by atoms with van der Waals surface area (Å²) in [5, 5.41) is 3.52. The predicted octanol–water partition coefficient (Wildman–Crippen LogP) is 7.46. The zero-order chi connectivity index (χ0) is 23.6. The molecule has 0 aliphatic rings. The summed E-state index contributed by atoms with van der Waals surface area (Å²) in [6.07, 6.45) is 1.07. The third-order valence-corrected chi connectivity index (χ3v) is 5.97. The van der Waals surface area contributed by atoms with Gasteiger partial charge >= 0.3 is 0 Å². The number of halogens is 1. The van der Waals surface area contributed by atoms with Crippen LogP contribution in [0.15, 0.2) is 71.1 Å². The molecule has 3 aromatic carbocycles. The number of fused-ring (bicyclic) bond motifs is 1. The summed E-state index contributed by atoms with van der Waals surface area (Å²) >= 11 is 5.91. The van der Waals surface area contributed by atoms with Crippen LogP contribution in [-0.2, 0) is 4.79 Å². The van der Waals surface area contributed by atoms with Crippen LogP contribution in [0.3, 0.4) is 0 Å². The monoisotopic (exact) mass is 462 g/mol. The van der Waals surface area contributed by atoms with E-state index in [1.54, 1.807) is 38.1 Å². The molecule has 4 aromatic rings. The largest absolute Gasteiger partial charge is 0.478 e. The third kappa shape index (κ3) is 5.20. The van der Waals surface area contributed by atoms with Crippen LogP contribution in [0.2, 0.25) is 5.02 Å². The highest BCUT2D eigenvalue weighted by atomic mass is 35.5. The number of hydrogen-bond donors (Lipinski definition) is 1. The van der Waals surface area contributed by atoms with Crippen molar-refractivity contribution in [3.05, 3.63) is 77.3 Å². The summed E-state index contributed by atoms with van der Waals surface area (Å²) in [6.45, 7) is 7.82. The van der Waals surface area contributed by atoms with Crippen LogP contribution in [0.4, 0.5) is 5.69 Å². The topological polar surface area (TPSA) is 64.4 Å². The highest BCUT2D eigenvalue weighted by Crippen LogP contribution is 2.29. The molecule has 1 unspecified atom stereocenters. The smallest absolute Gasteiger partial charge is 0.267 e. The SMILES string of the molecule is CCC(C)c1ccc2oc(-c3ccc(NC(=O)C(C)(C)Oc4ccc(Cl)cc4)cc3)nc2c1. The van der Waals surface area contributed by atoms with Crippen LogP contribution >= 0.6 is 11.6 Å².